The van der Waals surface area contributed by atoms with Gasteiger partial charge in [-0.2, -0.15) is 0 Å². The summed E-state index contributed by atoms with van der Waals surface area (Å²) in [4.78, 5) is 25.1. The number of hydrogen-bond donors (Lipinski definition) is 1. The van der Waals surface area contributed by atoms with Crippen LogP contribution in [0, 0.1) is 0 Å². The van der Waals surface area contributed by atoms with Crippen LogP contribution in [0.5, 0.6) is 0 Å². The van der Waals surface area contributed by atoms with Crippen molar-refractivity contribution in [2.24, 2.45) is 0 Å². The molecule has 2 atom stereocenters. The summed E-state index contributed by atoms with van der Waals surface area (Å²) in [7, 11) is 0. The molecule has 0 aromatic carbocycles. The number of ether oxygens (including phenoxy) is 1. The molecule has 0 aromatic rings. The van der Waals surface area contributed by atoms with Crippen molar-refractivity contribution in [1.29, 1.82) is 0 Å². The Balaban J connectivity index is 2.09. The lowest BCUT2D eigenvalue weighted by Crippen LogP contribution is -2.58. The molecule has 0 spiro atoms. The van der Waals surface area contributed by atoms with E-state index in [1.165, 1.54) is 0 Å². The summed E-state index contributed by atoms with van der Waals surface area (Å²) in [6, 6.07) is -0.217. The lowest BCUT2D eigenvalue weighted by molar-refractivity contribution is -0.128. The quantitative estimate of drug-likeness (QED) is 0.667. The predicted octanol–water partition coefficient (Wildman–Crippen LogP) is 0.884. The molecule has 0 aliphatic carbocycles. The molecule has 2 bridgehead atoms. The zero-order chi connectivity index (χ0) is 11.9. The standard InChI is InChI=1S/C11H18N2O3/c1-11(2,3)16-10(15)13-7-4-5-8(13)9(14)12-6-7/h7-8H,4-6H2,1-3H3,(H,12,14)/t7-,8+/m0/s1. The fraction of sp³-hybridized carbons (Fsp3) is 0.818. The Kier molecular flexibility index (Phi) is 2.56. The highest BCUT2D eigenvalue weighted by molar-refractivity contribution is 5.88. The van der Waals surface area contributed by atoms with Gasteiger partial charge in [-0.25, -0.2) is 4.79 Å². The van der Waals surface area contributed by atoms with Gasteiger partial charge in [0.05, 0.1) is 6.04 Å². The Morgan fingerprint density at radius 2 is 2.12 bits per heavy atom. The normalized spacial score (nSPS) is 28.9. The largest absolute Gasteiger partial charge is 0.444 e. The molecule has 2 fully saturated rings. The third-order valence-corrected chi connectivity index (χ3v) is 2.92. The monoisotopic (exact) mass is 226 g/mol. The minimum Gasteiger partial charge on any atom is -0.444 e. The Labute approximate surface area is 95.1 Å². The average Bonchev–Trinajstić information content (AvgIpc) is 2.46. The van der Waals surface area contributed by atoms with Crippen LogP contribution in [0.2, 0.25) is 0 Å². The zero-order valence-corrected chi connectivity index (χ0v) is 9.95. The van der Waals surface area contributed by atoms with Crippen LogP contribution >= 0.6 is 0 Å². The van der Waals surface area contributed by atoms with Crippen LogP contribution in [0.3, 0.4) is 0 Å². The number of carbonyl (C=O) groups is 2. The van der Waals surface area contributed by atoms with Crippen molar-refractivity contribution in [3.63, 3.8) is 0 Å². The molecule has 0 radical (unpaired) electrons. The van der Waals surface area contributed by atoms with Gasteiger partial charge < -0.3 is 10.1 Å². The molecule has 2 aliphatic rings. The van der Waals surface area contributed by atoms with Gasteiger partial charge in [0.15, 0.2) is 0 Å². The molecule has 2 aliphatic heterocycles. The first-order chi connectivity index (χ1) is 7.38. The van der Waals surface area contributed by atoms with E-state index < -0.39 is 5.60 Å². The third-order valence-electron chi connectivity index (χ3n) is 2.92. The van der Waals surface area contributed by atoms with Crippen molar-refractivity contribution in [3.05, 3.63) is 0 Å². The van der Waals surface area contributed by atoms with E-state index in [0.29, 0.717) is 6.54 Å². The van der Waals surface area contributed by atoms with Gasteiger partial charge in [-0.05, 0) is 33.6 Å². The van der Waals surface area contributed by atoms with Crippen LogP contribution in [-0.4, -0.2) is 41.1 Å². The first kappa shape index (κ1) is 11.2. The van der Waals surface area contributed by atoms with Gasteiger partial charge >= 0.3 is 6.09 Å². The maximum absolute atomic E-state index is 11.9. The Hall–Kier alpha value is -1.26. The Morgan fingerprint density at radius 3 is 2.75 bits per heavy atom. The molecule has 0 aromatic heterocycles. The van der Waals surface area contributed by atoms with Gasteiger partial charge in [-0.3, -0.25) is 9.69 Å². The molecular formula is C11H18N2O3. The summed E-state index contributed by atoms with van der Waals surface area (Å²) in [6.45, 7) is 6.04. The second-order valence-corrected chi connectivity index (χ2v) is 5.38. The number of nitrogens with zero attached hydrogens (tertiary/aromatic N) is 1. The van der Waals surface area contributed by atoms with Crippen molar-refractivity contribution < 1.29 is 14.3 Å². The fourth-order valence-corrected chi connectivity index (χ4v) is 2.27. The first-order valence-electron chi connectivity index (χ1n) is 5.67. The molecule has 0 saturated carbocycles. The number of fused-ring (bicyclic) bond motifs is 2. The lowest BCUT2D eigenvalue weighted by atomic mass is 10.2. The molecular weight excluding hydrogens is 208 g/mol. The van der Waals surface area contributed by atoms with Gasteiger partial charge in [0.25, 0.3) is 0 Å². The van der Waals surface area contributed by atoms with Crippen LogP contribution in [0.15, 0.2) is 0 Å². The Morgan fingerprint density at radius 1 is 1.44 bits per heavy atom. The van der Waals surface area contributed by atoms with Gasteiger partial charge in [-0.15, -0.1) is 0 Å². The summed E-state index contributed by atoms with van der Waals surface area (Å²) in [5.74, 6) is -0.0559. The highest BCUT2D eigenvalue weighted by Crippen LogP contribution is 2.28. The molecule has 2 heterocycles. The van der Waals surface area contributed by atoms with Crippen LogP contribution in [-0.2, 0) is 9.53 Å². The highest BCUT2D eigenvalue weighted by atomic mass is 16.6. The van der Waals surface area contributed by atoms with Crippen molar-refractivity contribution in [2.75, 3.05) is 6.54 Å². The van der Waals surface area contributed by atoms with E-state index in [1.807, 2.05) is 20.8 Å². The van der Waals surface area contributed by atoms with E-state index >= 15 is 0 Å². The summed E-state index contributed by atoms with van der Waals surface area (Å²) in [6.07, 6.45) is 1.26. The van der Waals surface area contributed by atoms with Gasteiger partial charge in [0.1, 0.15) is 11.6 Å². The number of carbonyl (C=O) groups excluding carboxylic acids is 2. The third kappa shape index (κ3) is 1.99. The van der Waals surface area contributed by atoms with Gasteiger partial charge in [0.2, 0.25) is 5.91 Å². The molecule has 2 amide bonds. The second kappa shape index (κ2) is 3.64. The van der Waals surface area contributed by atoms with Gasteiger partial charge in [-0.1, -0.05) is 0 Å². The molecule has 0 unspecified atom stereocenters. The van der Waals surface area contributed by atoms with E-state index in [1.54, 1.807) is 4.90 Å². The van der Waals surface area contributed by atoms with Crippen molar-refractivity contribution in [3.8, 4) is 0 Å². The minimum atomic E-state index is -0.509. The minimum absolute atomic E-state index is 0.0559. The summed E-state index contributed by atoms with van der Waals surface area (Å²) < 4.78 is 5.31. The average molecular weight is 226 g/mol. The summed E-state index contributed by atoms with van der Waals surface area (Å²) >= 11 is 0. The van der Waals surface area contributed by atoms with Gasteiger partial charge in [0, 0.05) is 6.54 Å². The molecule has 16 heavy (non-hydrogen) atoms. The smallest absolute Gasteiger partial charge is 0.411 e. The van der Waals surface area contributed by atoms with Crippen molar-refractivity contribution in [1.82, 2.24) is 10.2 Å². The molecule has 2 rings (SSSR count). The highest BCUT2D eigenvalue weighted by Gasteiger charge is 2.45. The van der Waals surface area contributed by atoms with E-state index in [9.17, 15) is 9.59 Å². The molecule has 1 N–H and O–H groups in total. The van der Waals surface area contributed by atoms with Crippen molar-refractivity contribution >= 4 is 12.0 Å². The number of amides is 2. The van der Waals surface area contributed by atoms with Crippen LogP contribution < -0.4 is 5.32 Å². The maximum atomic E-state index is 11.9. The molecule has 5 nitrogen and oxygen atoms in total. The van der Waals surface area contributed by atoms with Crippen LogP contribution in [0.25, 0.3) is 0 Å². The van der Waals surface area contributed by atoms with E-state index in [4.69, 9.17) is 4.74 Å². The fourth-order valence-electron chi connectivity index (χ4n) is 2.27. The topological polar surface area (TPSA) is 58.6 Å². The van der Waals surface area contributed by atoms with Crippen LogP contribution in [0.1, 0.15) is 33.6 Å². The van der Waals surface area contributed by atoms with Crippen molar-refractivity contribution in [2.45, 2.75) is 51.3 Å². The molecule has 90 valence electrons. The first-order valence-corrected chi connectivity index (χ1v) is 5.67. The van der Waals surface area contributed by atoms with E-state index in [2.05, 4.69) is 5.32 Å². The SMILES string of the molecule is CC(C)(C)OC(=O)N1[C@H]2CC[C@@H]1C(=O)NC2. The summed E-state index contributed by atoms with van der Waals surface area (Å²) in [5, 5.41) is 2.80. The Bertz CT molecular complexity index is 322. The predicted molar refractivity (Wildman–Crippen MR) is 57.9 cm³/mol. The number of hydrogen-bond acceptors (Lipinski definition) is 3. The molecule has 5 heteroatoms. The van der Waals surface area contributed by atoms with E-state index in [-0.39, 0.29) is 24.1 Å². The summed E-state index contributed by atoms with van der Waals surface area (Å²) in [5.41, 5.74) is -0.509. The second-order valence-electron chi connectivity index (χ2n) is 5.38. The number of piperazine rings is 1. The zero-order valence-electron chi connectivity index (χ0n) is 9.95. The number of rotatable bonds is 0. The maximum Gasteiger partial charge on any atom is 0.411 e. The number of nitrogens with one attached hydrogen (secondary N) is 1. The van der Waals surface area contributed by atoms with E-state index in [0.717, 1.165) is 12.8 Å². The lowest BCUT2D eigenvalue weighted by Gasteiger charge is -2.35. The molecule has 2 saturated heterocycles. The van der Waals surface area contributed by atoms with Crippen LogP contribution in [0.4, 0.5) is 4.79 Å².